The molecule has 34 heavy (non-hydrogen) atoms. The smallest absolute Gasteiger partial charge is 0.417 e. The van der Waals surface area contributed by atoms with Crippen LogP contribution in [0.3, 0.4) is 0 Å². The molecule has 2 amide bonds. The number of hydrogen-bond acceptors (Lipinski definition) is 5. The summed E-state index contributed by atoms with van der Waals surface area (Å²) in [6.07, 6.45) is -3.02. The molecule has 3 aromatic carbocycles. The Morgan fingerprint density at radius 3 is 2.32 bits per heavy atom. The van der Waals surface area contributed by atoms with Crippen molar-refractivity contribution < 1.29 is 22.7 Å². The number of halogens is 4. The van der Waals surface area contributed by atoms with Crippen LogP contribution in [0.25, 0.3) is 11.0 Å². The highest BCUT2D eigenvalue weighted by atomic mass is 35.5. The number of ether oxygens (including phenoxy) is 1. The topological polar surface area (TPSA) is 102 Å². The molecule has 1 heterocycles. The van der Waals surface area contributed by atoms with Crippen molar-refractivity contribution >= 4 is 40.0 Å². The van der Waals surface area contributed by atoms with Crippen LogP contribution in [0.1, 0.15) is 11.3 Å². The summed E-state index contributed by atoms with van der Waals surface area (Å²) in [6, 6.07) is 14.1. The van der Waals surface area contributed by atoms with E-state index in [9.17, 15) is 18.0 Å². The maximum absolute atomic E-state index is 13.0. The first-order chi connectivity index (χ1) is 16.2. The van der Waals surface area contributed by atoms with Crippen LogP contribution in [0.4, 0.5) is 29.3 Å². The van der Waals surface area contributed by atoms with Crippen LogP contribution in [-0.2, 0) is 12.7 Å². The van der Waals surface area contributed by atoms with Crippen molar-refractivity contribution in [2.45, 2.75) is 12.7 Å². The molecule has 0 aliphatic carbocycles. The molecule has 0 spiro atoms. The quantitative estimate of drug-likeness (QED) is 0.311. The predicted molar refractivity (Wildman–Crippen MR) is 123 cm³/mol. The average Bonchev–Trinajstić information content (AvgIpc) is 2.80. The number of nitrogens with one attached hydrogen (secondary N) is 2. The van der Waals surface area contributed by atoms with Gasteiger partial charge in [0.15, 0.2) is 0 Å². The van der Waals surface area contributed by atoms with E-state index < -0.39 is 22.8 Å². The Balaban J connectivity index is 1.40. The van der Waals surface area contributed by atoms with Crippen molar-refractivity contribution in [3.05, 3.63) is 83.1 Å². The highest BCUT2D eigenvalue weighted by Gasteiger charge is 2.33. The molecule has 0 unspecified atom stereocenters. The van der Waals surface area contributed by atoms with E-state index in [0.29, 0.717) is 33.9 Å². The summed E-state index contributed by atoms with van der Waals surface area (Å²) >= 11 is 5.59. The van der Waals surface area contributed by atoms with Crippen molar-refractivity contribution in [1.82, 2.24) is 9.97 Å². The van der Waals surface area contributed by atoms with Crippen LogP contribution in [0.2, 0.25) is 5.02 Å². The van der Waals surface area contributed by atoms with Crippen LogP contribution in [0.15, 0.2) is 66.9 Å². The van der Waals surface area contributed by atoms with Gasteiger partial charge in [0, 0.05) is 24.0 Å². The van der Waals surface area contributed by atoms with E-state index in [1.54, 1.807) is 48.7 Å². The van der Waals surface area contributed by atoms with Gasteiger partial charge in [0.1, 0.15) is 11.5 Å². The number of fused-ring (bicyclic) bond motifs is 1. The Morgan fingerprint density at radius 2 is 1.62 bits per heavy atom. The largest absolute Gasteiger partial charge is 0.457 e. The molecule has 4 aromatic rings. The molecule has 1 aromatic heterocycles. The first kappa shape index (κ1) is 23.3. The number of anilines is 2. The fourth-order valence-electron chi connectivity index (χ4n) is 3.05. The fraction of sp³-hybridized carbons (Fsp3) is 0.0870. The number of hydrogen-bond donors (Lipinski definition) is 3. The van der Waals surface area contributed by atoms with Crippen LogP contribution >= 0.6 is 11.6 Å². The van der Waals surface area contributed by atoms with Gasteiger partial charge >= 0.3 is 12.2 Å². The maximum Gasteiger partial charge on any atom is 0.417 e. The van der Waals surface area contributed by atoms with Gasteiger partial charge in [-0.25, -0.2) is 9.78 Å². The van der Waals surface area contributed by atoms with Gasteiger partial charge in [-0.3, -0.25) is 4.98 Å². The number of amides is 2. The molecule has 7 nitrogen and oxygen atoms in total. The van der Waals surface area contributed by atoms with Gasteiger partial charge in [0.25, 0.3) is 0 Å². The molecule has 0 saturated heterocycles. The third-order valence-corrected chi connectivity index (χ3v) is 4.98. The molecule has 0 saturated carbocycles. The second-order valence-corrected chi connectivity index (χ2v) is 7.52. The number of aromatic nitrogens is 2. The normalized spacial score (nSPS) is 11.3. The van der Waals surface area contributed by atoms with Crippen molar-refractivity contribution in [2.24, 2.45) is 5.73 Å². The summed E-state index contributed by atoms with van der Waals surface area (Å²) in [6.45, 7) is 0.275. The minimum atomic E-state index is -4.63. The third kappa shape index (κ3) is 5.53. The second-order valence-electron chi connectivity index (χ2n) is 7.11. The Labute approximate surface area is 196 Å². The monoisotopic (exact) mass is 487 g/mol. The van der Waals surface area contributed by atoms with Crippen molar-refractivity contribution in [3.8, 4) is 11.5 Å². The van der Waals surface area contributed by atoms with Crippen LogP contribution in [-0.4, -0.2) is 16.0 Å². The summed E-state index contributed by atoms with van der Waals surface area (Å²) in [4.78, 5) is 20.9. The predicted octanol–water partition coefficient (Wildman–Crippen LogP) is 6.20. The van der Waals surface area contributed by atoms with Gasteiger partial charge in [-0.05, 0) is 54.6 Å². The van der Waals surface area contributed by atoms with Gasteiger partial charge in [-0.15, -0.1) is 0 Å². The molecular weight excluding hydrogens is 471 g/mol. The molecule has 0 aliphatic rings. The summed E-state index contributed by atoms with van der Waals surface area (Å²) in [5.41, 5.74) is 6.94. The lowest BCUT2D eigenvalue weighted by atomic mass is 10.2. The van der Waals surface area contributed by atoms with Gasteiger partial charge in [-0.2, -0.15) is 13.2 Å². The first-order valence-corrected chi connectivity index (χ1v) is 10.3. The number of alkyl halides is 3. The summed E-state index contributed by atoms with van der Waals surface area (Å²) < 4.78 is 44.8. The molecule has 4 N–H and O–H groups in total. The molecule has 11 heteroatoms. The number of carbonyl (C=O) groups is 1. The maximum atomic E-state index is 13.0. The number of benzene rings is 3. The van der Waals surface area contributed by atoms with Gasteiger partial charge in [0.2, 0.25) is 0 Å². The van der Waals surface area contributed by atoms with Crippen molar-refractivity contribution in [2.75, 3.05) is 10.6 Å². The highest BCUT2D eigenvalue weighted by Crippen LogP contribution is 2.36. The second kappa shape index (κ2) is 9.54. The Kier molecular flexibility index (Phi) is 6.53. The summed E-state index contributed by atoms with van der Waals surface area (Å²) in [7, 11) is 0. The lowest BCUT2D eigenvalue weighted by molar-refractivity contribution is -0.137. The van der Waals surface area contributed by atoms with Crippen LogP contribution in [0.5, 0.6) is 11.5 Å². The minimum absolute atomic E-state index is 0.0497. The molecule has 4 rings (SSSR count). The third-order valence-electron chi connectivity index (χ3n) is 4.65. The molecule has 0 radical (unpaired) electrons. The van der Waals surface area contributed by atoms with Gasteiger partial charge in [-0.1, -0.05) is 11.6 Å². The van der Waals surface area contributed by atoms with E-state index in [2.05, 4.69) is 20.6 Å². The Hall–Kier alpha value is -3.89. The molecule has 0 fully saturated rings. The highest BCUT2D eigenvalue weighted by molar-refractivity contribution is 6.31. The number of nitrogens with zero attached hydrogens (tertiary/aromatic N) is 2. The average molecular weight is 488 g/mol. The van der Waals surface area contributed by atoms with E-state index in [-0.39, 0.29) is 12.2 Å². The number of urea groups is 1. The van der Waals surface area contributed by atoms with E-state index in [0.717, 1.165) is 12.1 Å². The van der Waals surface area contributed by atoms with Crippen molar-refractivity contribution in [1.29, 1.82) is 0 Å². The lowest BCUT2D eigenvalue weighted by Gasteiger charge is -2.12. The van der Waals surface area contributed by atoms with E-state index in [1.165, 1.54) is 6.07 Å². The zero-order valence-corrected chi connectivity index (χ0v) is 18.1. The molecule has 0 atom stereocenters. The SMILES string of the molecule is NCc1cnc2ccc(Oc3ccc(NC(=O)Nc4ccc(Cl)c(C(F)(F)F)c4)cc3)cc2n1. The minimum Gasteiger partial charge on any atom is -0.457 e. The first-order valence-electron chi connectivity index (χ1n) is 9.90. The summed E-state index contributed by atoms with van der Waals surface area (Å²) in [5, 5.41) is 4.44. The van der Waals surface area contributed by atoms with Crippen LogP contribution < -0.4 is 21.1 Å². The zero-order valence-electron chi connectivity index (χ0n) is 17.4. The number of carbonyl (C=O) groups excluding carboxylic acids is 1. The zero-order chi connectivity index (χ0) is 24.3. The Morgan fingerprint density at radius 1 is 0.941 bits per heavy atom. The molecule has 174 valence electrons. The lowest BCUT2D eigenvalue weighted by Crippen LogP contribution is -2.19. The van der Waals surface area contributed by atoms with Crippen LogP contribution in [0, 0.1) is 0 Å². The van der Waals surface area contributed by atoms with E-state index in [1.807, 2.05) is 0 Å². The standard InChI is InChI=1S/C23H17ClF3N5O2/c24-19-7-3-14(9-18(19)23(25,26)27)32-22(33)31-13-1-4-16(5-2-13)34-17-6-8-20-21(10-17)30-15(11-28)12-29-20/h1-10,12H,11,28H2,(H2,31,32,33). The van der Waals surface area contributed by atoms with E-state index in [4.69, 9.17) is 22.1 Å². The number of rotatable bonds is 5. The fourth-order valence-corrected chi connectivity index (χ4v) is 3.27. The Bertz CT molecular complexity index is 1350. The molecule has 0 aliphatic heterocycles. The van der Waals surface area contributed by atoms with Crippen molar-refractivity contribution in [3.63, 3.8) is 0 Å². The molecule has 0 bridgehead atoms. The summed E-state index contributed by atoms with van der Waals surface area (Å²) in [5.74, 6) is 1.04. The van der Waals surface area contributed by atoms with Gasteiger partial charge in [0.05, 0.1) is 33.5 Å². The molecular formula is C23H17ClF3N5O2. The van der Waals surface area contributed by atoms with E-state index >= 15 is 0 Å². The van der Waals surface area contributed by atoms with Gasteiger partial charge < -0.3 is 21.1 Å². The number of nitrogens with two attached hydrogens (primary N) is 1.